The molecule has 0 aliphatic heterocycles. The molecule has 2 aromatic rings. The minimum Gasteiger partial charge on any atom is -0.303 e. The van der Waals surface area contributed by atoms with E-state index < -0.39 is 0 Å². The second-order valence-corrected chi connectivity index (χ2v) is 7.74. The highest BCUT2D eigenvalue weighted by atomic mass is 35.5. The monoisotopic (exact) mass is 362 g/mol. The Morgan fingerprint density at radius 2 is 1.83 bits per heavy atom. The molecule has 0 bridgehead atoms. The Balaban J connectivity index is 1.65. The van der Waals surface area contributed by atoms with Crippen LogP contribution in [0.15, 0.2) is 24.3 Å². The molecule has 4 nitrogen and oxygen atoms in total. The molecule has 0 amide bonds. The number of benzene rings is 1. The maximum atomic E-state index is 6.36. The van der Waals surface area contributed by atoms with Crippen LogP contribution in [0.1, 0.15) is 38.5 Å². The first-order valence-corrected chi connectivity index (χ1v) is 9.58. The first-order valence-electron chi connectivity index (χ1n) is 8.79. The number of halogens is 1. The molecule has 0 atom stereocenters. The quantitative estimate of drug-likeness (QED) is 0.725. The van der Waals surface area contributed by atoms with Crippen LogP contribution in [0.5, 0.6) is 0 Å². The minimum atomic E-state index is 0.699. The van der Waals surface area contributed by atoms with Gasteiger partial charge in [0, 0.05) is 24.7 Å². The van der Waals surface area contributed by atoms with Crippen LogP contribution in [0.4, 0.5) is 0 Å². The van der Waals surface area contributed by atoms with E-state index in [1.165, 1.54) is 38.5 Å². The molecule has 2 saturated carbocycles. The first kappa shape index (κ1) is 16.3. The molecule has 4 rings (SSSR count). The van der Waals surface area contributed by atoms with Crippen LogP contribution >= 0.6 is 23.8 Å². The van der Waals surface area contributed by atoms with Gasteiger partial charge in [0.25, 0.3) is 0 Å². The number of aromatic nitrogens is 3. The minimum absolute atomic E-state index is 0.699. The molecular formula is C18H23ClN4S. The van der Waals surface area contributed by atoms with Gasteiger partial charge in [-0.05, 0) is 50.0 Å². The fourth-order valence-electron chi connectivity index (χ4n) is 3.78. The van der Waals surface area contributed by atoms with Crippen LogP contribution in [-0.2, 0) is 13.7 Å². The molecule has 1 aromatic heterocycles. The predicted molar refractivity (Wildman–Crippen MR) is 99.6 cm³/mol. The van der Waals surface area contributed by atoms with Gasteiger partial charge < -0.3 is 4.57 Å². The lowest BCUT2D eigenvalue weighted by atomic mass is 10.2. The Labute approximate surface area is 153 Å². The molecule has 1 aromatic carbocycles. The Hall–Kier alpha value is -1.17. The molecule has 0 radical (unpaired) electrons. The van der Waals surface area contributed by atoms with E-state index in [1.807, 2.05) is 40.6 Å². The molecule has 1 heterocycles. The summed E-state index contributed by atoms with van der Waals surface area (Å²) in [6.07, 6.45) is 7.96. The van der Waals surface area contributed by atoms with E-state index in [1.54, 1.807) is 0 Å². The van der Waals surface area contributed by atoms with Crippen LogP contribution in [0.2, 0.25) is 5.02 Å². The topological polar surface area (TPSA) is 26.0 Å². The lowest BCUT2D eigenvalue weighted by Crippen LogP contribution is -2.37. The standard InChI is InChI=1S/C18H23ClN4S/c1-21-17(15-8-4-5-9-16(15)19)20-23(18(21)24)12-22(14-10-11-14)13-6-2-3-7-13/h4-5,8-9,13-14H,2-3,6-7,10-12H2,1H3. The zero-order valence-corrected chi connectivity index (χ0v) is 15.6. The lowest BCUT2D eigenvalue weighted by Gasteiger charge is -2.28. The fourth-order valence-corrected chi connectivity index (χ4v) is 4.19. The third-order valence-corrected chi connectivity index (χ3v) is 6.08. The van der Waals surface area contributed by atoms with Crippen molar-refractivity contribution < 1.29 is 0 Å². The normalized spacial score (nSPS) is 18.6. The second kappa shape index (κ2) is 6.62. The van der Waals surface area contributed by atoms with E-state index in [0.717, 1.165) is 28.9 Å². The van der Waals surface area contributed by atoms with Gasteiger partial charge in [0.15, 0.2) is 10.6 Å². The van der Waals surface area contributed by atoms with E-state index in [9.17, 15) is 0 Å². The fraction of sp³-hybridized carbons (Fsp3) is 0.556. The summed E-state index contributed by atoms with van der Waals surface area (Å²) in [5, 5.41) is 5.52. The summed E-state index contributed by atoms with van der Waals surface area (Å²) in [6.45, 7) is 0.798. The molecule has 128 valence electrons. The van der Waals surface area contributed by atoms with Crippen molar-refractivity contribution in [1.29, 1.82) is 0 Å². The van der Waals surface area contributed by atoms with Gasteiger partial charge >= 0.3 is 0 Å². The molecule has 0 saturated heterocycles. The van der Waals surface area contributed by atoms with Crippen molar-refractivity contribution >= 4 is 23.8 Å². The van der Waals surface area contributed by atoms with Crippen LogP contribution in [0, 0.1) is 4.77 Å². The summed E-state index contributed by atoms with van der Waals surface area (Å²) in [4.78, 5) is 2.63. The van der Waals surface area contributed by atoms with Gasteiger partial charge in [-0.25, -0.2) is 4.68 Å². The number of hydrogen-bond acceptors (Lipinski definition) is 3. The third-order valence-electron chi connectivity index (χ3n) is 5.26. The molecule has 2 aliphatic carbocycles. The highest BCUT2D eigenvalue weighted by Gasteiger charge is 2.35. The van der Waals surface area contributed by atoms with E-state index in [4.69, 9.17) is 28.9 Å². The van der Waals surface area contributed by atoms with Crippen molar-refractivity contribution in [2.24, 2.45) is 7.05 Å². The number of hydrogen-bond donors (Lipinski definition) is 0. The van der Waals surface area contributed by atoms with E-state index in [0.29, 0.717) is 11.1 Å². The van der Waals surface area contributed by atoms with Crippen LogP contribution in [-0.4, -0.2) is 31.3 Å². The third kappa shape index (κ3) is 3.05. The van der Waals surface area contributed by atoms with Crippen molar-refractivity contribution in [3.05, 3.63) is 34.1 Å². The van der Waals surface area contributed by atoms with Crippen molar-refractivity contribution in [2.45, 2.75) is 57.3 Å². The Kier molecular flexibility index (Phi) is 4.50. The SMILES string of the molecule is Cn1c(-c2ccccc2Cl)nn(CN(C2CCCC2)C2CC2)c1=S. The number of rotatable bonds is 5. The summed E-state index contributed by atoms with van der Waals surface area (Å²) in [5.41, 5.74) is 0.936. The molecule has 0 N–H and O–H groups in total. The lowest BCUT2D eigenvalue weighted by molar-refractivity contribution is 0.134. The molecule has 24 heavy (non-hydrogen) atoms. The van der Waals surface area contributed by atoms with Crippen molar-refractivity contribution in [2.75, 3.05) is 0 Å². The van der Waals surface area contributed by atoms with Gasteiger partial charge in [0.1, 0.15) is 0 Å². The molecule has 6 heteroatoms. The molecule has 0 unspecified atom stereocenters. The maximum absolute atomic E-state index is 6.36. The zero-order chi connectivity index (χ0) is 16.7. The number of nitrogens with zero attached hydrogens (tertiary/aromatic N) is 4. The summed E-state index contributed by atoms with van der Waals surface area (Å²) < 4.78 is 4.70. The highest BCUT2D eigenvalue weighted by molar-refractivity contribution is 7.71. The van der Waals surface area contributed by atoms with Crippen molar-refractivity contribution in [3.8, 4) is 11.4 Å². The van der Waals surface area contributed by atoms with Gasteiger partial charge in [-0.1, -0.05) is 36.6 Å². The molecular weight excluding hydrogens is 340 g/mol. The maximum Gasteiger partial charge on any atom is 0.199 e. The van der Waals surface area contributed by atoms with Gasteiger partial charge in [-0.3, -0.25) is 4.90 Å². The summed E-state index contributed by atoms with van der Waals surface area (Å²) >= 11 is 12.0. The summed E-state index contributed by atoms with van der Waals surface area (Å²) in [6, 6.07) is 9.24. The van der Waals surface area contributed by atoms with E-state index in [2.05, 4.69) is 4.90 Å². The molecule has 2 fully saturated rings. The highest BCUT2D eigenvalue weighted by Crippen LogP contribution is 2.35. The Morgan fingerprint density at radius 1 is 1.17 bits per heavy atom. The van der Waals surface area contributed by atoms with E-state index >= 15 is 0 Å². The Morgan fingerprint density at radius 3 is 2.50 bits per heavy atom. The van der Waals surface area contributed by atoms with E-state index in [-0.39, 0.29) is 0 Å². The Bertz CT molecular complexity index is 787. The van der Waals surface area contributed by atoms with Crippen molar-refractivity contribution in [3.63, 3.8) is 0 Å². The smallest absolute Gasteiger partial charge is 0.199 e. The zero-order valence-electron chi connectivity index (χ0n) is 14.0. The van der Waals surface area contributed by atoms with Crippen molar-refractivity contribution in [1.82, 2.24) is 19.2 Å². The van der Waals surface area contributed by atoms with Gasteiger partial charge in [-0.15, -0.1) is 0 Å². The average molecular weight is 363 g/mol. The van der Waals surface area contributed by atoms with Crippen LogP contribution in [0.25, 0.3) is 11.4 Å². The van der Waals surface area contributed by atoms with Gasteiger partial charge in [0.05, 0.1) is 11.7 Å². The summed E-state index contributed by atoms with van der Waals surface area (Å²) in [5.74, 6) is 0.841. The van der Waals surface area contributed by atoms with Gasteiger partial charge in [-0.2, -0.15) is 5.10 Å². The average Bonchev–Trinajstić information content (AvgIpc) is 3.20. The molecule has 2 aliphatic rings. The van der Waals surface area contributed by atoms with Crippen LogP contribution < -0.4 is 0 Å². The van der Waals surface area contributed by atoms with Crippen LogP contribution in [0.3, 0.4) is 0 Å². The first-order chi connectivity index (χ1) is 11.6. The second-order valence-electron chi connectivity index (χ2n) is 6.97. The molecule has 0 spiro atoms. The predicted octanol–water partition coefficient (Wildman–Crippen LogP) is 4.64. The summed E-state index contributed by atoms with van der Waals surface area (Å²) in [7, 11) is 1.97. The van der Waals surface area contributed by atoms with Gasteiger partial charge in [0.2, 0.25) is 0 Å². The largest absolute Gasteiger partial charge is 0.303 e.